The Labute approximate surface area is 104 Å². The summed E-state index contributed by atoms with van der Waals surface area (Å²) in [6.07, 6.45) is 11.0. The molecule has 2 nitrogen and oxygen atoms in total. The van der Waals surface area contributed by atoms with Crippen molar-refractivity contribution < 1.29 is 9.47 Å². The Kier molecular flexibility index (Phi) is 2.99. The van der Waals surface area contributed by atoms with Gasteiger partial charge in [-0.1, -0.05) is 12.2 Å². The summed E-state index contributed by atoms with van der Waals surface area (Å²) < 4.78 is 11.2. The highest BCUT2D eigenvalue weighted by Crippen LogP contribution is 2.55. The molecule has 3 rings (SSSR count). The number of hydrogen-bond donors (Lipinski definition) is 0. The van der Waals surface area contributed by atoms with E-state index in [1.165, 1.54) is 24.8 Å². The molecule has 0 saturated heterocycles. The molecule has 0 amide bonds. The van der Waals surface area contributed by atoms with E-state index in [1.807, 2.05) is 13.8 Å². The van der Waals surface area contributed by atoms with Crippen LogP contribution in [0.5, 0.6) is 0 Å². The van der Waals surface area contributed by atoms with Gasteiger partial charge in [0.1, 0.15) is 0 Å². The lowest BCUT2D eigenvalue weighted by Gasteiger charge is -2.18. The molecule has 2 bridgehead atoms. The average molecular weight is 234 g/mol. The third-order valence-corrected chi connectivity index (χ3v) is 4.56. The Bertz CT molecular complexity index is 321. The van der Waals surface area contributed by atoms with Crippen LogP contribution in [-0.2, 0) is 9.47 Å². The molecule has 2 saturated carbocycles. The highest BCUT2D eigenvalue weighted by atomic mass is 16.7. The second kappa shape index (κ2) is 4.49. The summed E-state index contributed by atoms with van der Waals surface area (Å²) in [5.74, 6) is 3.52. The Hall–Kier alpha value is -0.760. The first-order valence-corrected chi connectivity index (χ1v) is 6.79. The van der Waals surface area contributed by atoms with Crippen molar-refractivity contribution in [3.63, 3.8) is 0 Å². The minimum absolute atomic E-state index is 0.415. The van der Waals surface area contributed by atoms with Gasteiger partial charge in [-0.2, -0.15) is 0 Å². The molecular formula is C15H22O2. The monoisotopic (exact) mass is 234 g/mol. The summed E-state index contributed by atoms with van der Waals surface area (Å²) in [6, 6.07) is 0. The second-order valence-electron chi connectivity index (χ2n) is 6.02. The molecule has 0 N–H and O–H groups in total. The van der Waals surface area contributed by atoms with Crippen LogP contribution >= 0.6 is 0 Å². The third kappa shape index (κ3) is 2.15. The Morgan fingerprint density at radius 1 is 1.12 bits per heavy atom. The van der Waals surface area contributed by atoms with E-state index in [9.17, 15) is 0 Å². The van der Waals surface area contributed by atoms with Gasteiger partial charge in [0.2, 0.25) is 0 Å². The van der Waals surface area contributed by atoms with Crippen molar-refractivity contribution >= 4 is 0 Å². The molecule has 17 heavy (non-hydrogen) atoms. The lowest BCUT2D eigenvalue weighted by molar-refractivity contribution is -0.0575. The predicted octanol–water partition coefficient (Wildman–Crippen LogP) is 3.50. The summed E-state index contributed by atoms with van der Waals surface area (Å²) in [7, 11) is 0. The lowest BCUT2D eigenvalue weighted by atomic mass is 9.86. The van der Waals surface area contributed by atoms with Crippen LogP contribution in [-0.4, -0.2) is 12.9 Å². The van der Waals surface area contributed by atoms with Crippen molar-refractivity contribution in [2.75, 3.05) is 6.79 Å². The van der Waals surface area contributed by atoms with Gasteiger partial charge < -0.3 is 9.47 Å². The average Bonchev–Trinajstić information content (AvgIpc) is 2.95. The first-order valence-electron chi connectivity index (χ1n) is 6.79. The second-order valence-corrected chi connectivity index (χ2v) is 6.02. The normalized spacial score (nSPS) is 41.6. The Morgan fingerprint density at radius 3 is 2.35 bits per heavy atom. The van der Waals surface area contributed by atoms with Gasteiger partial charge in [0.15, 0.2) is 6.79 Å². The van der Waals surface area contributed by atoms with Crippen molar-refractivity contribution in [3.8, 4) is 0 Å². The van der Waals surface area contributed by atoms with Crippen LogP contribution in [0.2, 0.25) is 0 Å². The van der Waals surface area contributed by atoms with Crippen molar-refractivity contribution in [1.82, 2.24) is 0 Å². The van der Waals surface area contributed by atoms with Gasteiger partial charge in [0.25, 0.3) is 0 Å². The molecule has 0 heterocycles. The lowest BCUT2D eigenvalue weighted by Crippen LogP contribution is -2.12. The van der Waals surface area contributed by atoms with Gasteiger partial charge in [-0.15, -0.1) is 0 Å². The van der Waals surface area contributed by atoms with Crippen molar-refractivity contribution in [1.29, 1.82) is 0 Å². The standard InChI is InChI=1S/C15H22O2/c1-10(2)8-16-9-17-13-6-14-11-3-4-12(5-11)15(14)7-13/h3-4,8,11-15H,5-7,9H2,1-2H3. The highest BCUT2D eigenvalue weighted by Gasteiger charge is 2.49. The minimum atomic E-state index is 0.415. The molecule has 2 fully saturated rings. The van der Waals surface area contributed by atoms with Crippen LogP contribution in [0.25, 0.3) is 0 Å². The van der Waals surface area contributed by atoms with E-state index >= 15 is 0 Å². The first kappa shape index (κ1) is 11.3. The molecule has 3 aliphatic rings. The van der Waals surface area contributed by atoms with Crippen molar-refractivity contribution in [2.24, 2.45) is 23.7 Å². The van der Waals surface area contributed by atoms with Gasteiger partial charge in [-0.3, -0.25) is 0 Å². The number of allylic oxidation sites excluding steroid dienone is 3. The SMILES string of the molecule is CC(C)=COCOC1CC2C3C=CC(C3)C2C1. The molecule has 4 atom stereocenters. The van der Waals surface area contributed by atoms with E-state index < -0.39 is 0 Å². The Balaban J connectivity index is 1.45. The van der Waals surface area contributed by atoms with Gasteiger partial charge >= 0.3 is 0 Å². The predicted molar refractivity (Wildman–Crippen MR) is 67.2 cm³/mol. The largest absolute Gasteiger partial charge is 0.475 e. The molecule has 3 aliphatic carbocycles. The van der Waals surface area contributed by atoms with Crippen LogP contribution in [0, 0.1) is 23.7 Å². The maximum absolute atomic E-state index is 5.82. The van der Waals surface area contributed by atoms with E-state index in [-0.39, 0.29) is 0 Å². The number of ether oxygens (including phenoxy) is 2. The quantitative estimate of drug-likeness (QED) is 0.321. The fraction of sp³-hybridized carbons (Fsp3) is 0.733. The molecule has 0 radical (unpaired) electrons. The molecule has 0 aliphatic heterocycles. The minimum Gasteiger partial charge on any atom is -0.475 e. The number of rotatable bonds is 4. The molecular weight excluding hydrogens is 212 g/mol. The Morgan fingerprint density at radius 2 is 1.76 bits per heavy atom. The molecule has 0 aromatic carbocycles. The van der Waals surface area contributed by atoms with Gasteiger partial charge in [-0.25, -0.2) is 0 Å². The van der Waals surface area contributed by atoms with Crippen molar-refractivity contribution in [2.45, 2.75) is 39.2 Å². The summed E-state index contributed by atoms with van der Waals surface area (Å²) >= 11 is 0. The van der Waals surface area contributed by atoms with E-state index in [1.54, 1.807) is 6.26 Å². The highest BCUT2D eigenvalue weighted by molar-refractivity contribution is 5.16. The van der Waals surface area contributed by atoms with Crippen LogP contribution in [0.3, 0.4) is 0 Å². The maximum atomic E-state index is 5.82. The van der Waals surface area contributed by atoms with Crippen LogP contribution in [0.1, 0.15) is 33.1 Å². The third-order valence-electron chi connectivity index (χ3n) is 4.56. The van der Waals surface area contributed by atoms with Gasteiger partial charge in [-0.05, 0) is 62.4 Å². The van der Waals surface area contributed by atoms with E-state index in [0.29, 0.717) is 12.9 Å². The molecule has 0 aromatic rings. The summed E-state index contributed by atoms with van der Waals surface area (Å²) in [6.45, 7) is 4.48. The molecule has 0 aromatic heterocycles. The zero-order valence-corrected chi connectivity index (χ0v) is 10.8. The van der Waals surface area contributed by atoms with Crippen LogP contribution in [0.15, 0.2) is 24.0 Å². The topological polar surface area (TPSA) is 18.5 Å². The first-order chi connectivity index (χ1) is 8.24. The fourth-order valence-corrected chi connectivity index (χ4v) is 3.90. The molecule has 4 unspecified atom stereocenters. The van der Waals surface area contributed by atoms with Crippen molar-refractivity contribution in [3.05, 3.63) is 24.0 Å². The van der Waals surface area contributed by atoms with Crippen LogP contribution < -0.4 is 0 Å². The zero-order valence-electron chi connectivity index (χ0n) is 10.8. The molecule has 0 spiro atoms. The molecule has 2 heteroatoms. The smallest absolute Gasteiger partial charge is 0.188 e. The number of hydrogen-bond acceptors (Lipinski definition) is 2. The fourth-order valence-electron chi connectivity index (χ4n) is 3.90. The van der Waals surface area contributed by atoms with Gasteiger partial charge in [0.05, 0.1) is 12.4 Å². The summed E-state index contributed by atoms with van der Waals surface area (Å²) in [5.41, 5.74) is 1.18. The number of fused-ring (bicyclic) bond motifs is 5. The summed E-state index contributed by atoms with van der Waals surface area (Å²) in [5, 5.41) is 0. The van der Waals surface area contributed by atoms with E-state index in [2.05, 4.69) is 12.2 Å². The zero-order chi connectivity index (χ0) is 11.8. The van der Waals surface area contributed by atoms with E-state index in [4.69, 9.17) is 9.47 Å². The maximum Gasteiger partial charge on any atom is 0.188 e. The molecule has 94 valence electrons. The van der Waals surface area contributed by atoms with E-state index in [0.717, 1.165) is 23.7 Å². The van der Waals surface area contributed by atoms with Crippen LogP contribution in [0.4, 0.5) is 0 Å². The van der Waals surface area contributed by atoms with Gasteiger partial charge in [0, 0.05) is 0 Å². The summed E-state index contributed by atoms with van der Waals surface area (Å²) in [4.78, 5) is 0.